The van der Waals surface area contributed by atoms with Crippen LogP contribution in [-0.4, -0.2) is 80.3 Å². The molecule has 3 aromatic rings. The molecular weight excluding hydrogens is 529 g/mol. The number of benzene rings is 1. The molecule has 0 spiro atoms. The largest absolute Gasteiger partial charge is 0.355 e. The van der Waals surface area contributed by atoms with Gasteiger partial charge in [0.25, 0.3) is 0 Å². The topological polar surface area (TPSA) is 79.2 Å². The minimum atomic E-state index is -2.14. The zero-order valence-corrected chi connectivity index (χ0v) is 24.0. The first-order valence-electron chi connectivity index (χ1n) is 12.8. The van der Waals surface area contributed by atoms with Crippen LogP contribution in [0.2, 0.25) is 10.0 Å². The maximum absolute atomic E-state index is 11.8. The number of nitrogens with zero attached hydrogens (tertiary/aromatic N) is 6. The van der Waals surface area contributed by atoms with Crippen molar-refractivity contribution in [2.75, 3.05) is 50.4 Å². The Bertz CT molecular complexity index is 1390. The van der Waals surface area contributed by atoms with Crippen molar-refractivity contribution in [1.29, 1.82) is 0 Å². The second kappa shape index (κ2) is 10.7. The number of piperidine rings is 1. The Morgan fingerprint density at radius 1 is 1.24 bits per heavy atom. The molecule has 200 valence electrons. The molecule has 3 atom stereocenters. The monoisotopic (exact) mass is 563 g/mol. The summed E-state index contributed by atoms with van der Waals surface area (Å²) in [4.78, 5) is 14.6. The van der Waals surface area contributed by atoms with E-state index in [4.69, 9.17) is 38.3 Å². The fraction of sp³-hybridized carbons (Fsp3) is 0.538. The molecule has 0 amide bonds. The van der Waals surface area contributed by atoms with Gasteiger partial charge in [-0.05, 0) is 68.6 Å². The Morgan fingerprint density at radius 2 is 2.03 bits per heavy atom. The van der Waals surface area contributed by atoms with Gasteiger partial charge in [0.2, 0.25) is 0 Å². The molecule has 1 aromatic carbocycles. The first kappa shape index (κ1) is 26.7. The van der Waals surface area contributed by atoms with E-state index in [9.17, 15) is 4.21 Å². The van der Waals surface area contributed by atoms with E-state index < -0.39 is 9.71 Å². The minimum absolute atomic E-state index is 0.109. The second-order valence-electron chi connectivity index (χ2n) is 10.5. The van der Waals surface area contributed by atoms with Crippen molar-refractivity contribution in [3.8, 4) is 0 Å². The van der Waals surface area contributed by atoms with Gasteiger partial charge in [-0.3, -0.25) is 4.21 Å². The second-order valence-corrected chi connectivity index (χ2v) is 13.7. The minimum Gasteiger partial charge on any atom is -0.355 e. The Balaban J connectivity index is 1.26. The van der Waals surface area contributed by atoms with Crippen molar-refractivity contribution >= 4 is 55.8 Å². The number of halogens is 2. The van der Waals surface area contributed by atoms with Gasteiger partial charge in [-0.15, -0.1) is 0 Å². The quantitative estimate of drug-likeness (QED) is 0.416. The number of hydrogen-bond donors (Lipinski definition) is 1. The highest BCUT2D eigenvalue weighted by Gasteiger charge is 2.36. The van der Waals surface area contributed by atoms with E-state index >= 15 is 0 Å². The van der Waals surface area contributed by atoms with E-state index in [0.717, 1.165) is 61.0 Å². The molecule has 2 fully saturated rings. The van der Waals surface area contributed by atoms with Crippen LogP contribution in [0.1, 0.15) is 37.1 Å². The standard InChI is InChI=1S/C26H35Cl2N7OS/c1-17-25-26(35(32-17)18(2)22-8-7-21(27)12-23(22)28)31-24(13-29-25)34-15-20(16-34)19-6-5-10-33(14-19)11-9-30-37(3,4)36/h7-8,12-13,18-20H,3,5-6,9-11,14-16H2,1-2,4H3,(H,30,36)/t18-,19+,37?/m1/s1. The molecule has 2 aromatic heterocycles. The summed E-state index contributed by atoms with van der Waals surface area (Å²) in [5, 5.41) is 5.98. The highest BCUT2D eigenvalue weighted by molar-refractivity contribution is 7.97. The summed E-state index contributed by atoms with van der Waals surface area (Å²) in [7, 11) is -2.14. The summed E-state index contributed by atoms with van der Waals surface area (Å²) in [6.45, 7) is 9.84. The van der Waals surface area contributed by atoms with Gasteiger partial charge in [-0.25, -0.2) is 19.4 Å². The van der Waals surface area contributed by atoms with Crippen molar-refractivity contribution in [2.45, 2.75) is 32.7 Å². The predicted octanol–water partition coefficient (Wildman–Crippen LogP) is 4.05. The SMILES string of the molecule is C=S(C)(=O)NCCN1CCC[C@H](C2CN(c3cnc4c(C)nn([C@H](C)c5ccc(Cl)cc5Cl)c4n3)C2)C1. The van der Waals surface area contributed by atoms with Gasteiger partial charge in [0.1, 0.15) is 11.3 Å². The fourth-order valence-corrected chi connectivity index (χ4v) is 6.62. The number of fused-ring (bicyclic) bond motifs is 1. The number of nitrogens with one attached hydrogen (secondary N) is 1. The van der Waals surface area contributed by atoms with Crippen LogP contribution >= 0.6 is 23.2 Å². The first-order chi connectivity index (χ1) is 17.6. The predicted molar refractivity (Wildman–Crippen MR) is 154 cm³/mol. The molecule has 5 rings (SSSR count). The zero-order valence-electron chi connectivity index (χ0n) is 21.7. The van der Waals surface area contributed by atoms with Crippen molar-refractivity contribution in [3.05, 3.63) is 45.7 Å². The van der Waals surface area contributed by atoms with E-state index in [1.165, 1.54) is 12.8 Å². The van der Waals surface area contributed by atoms with E-state index in [1.54, 1.807) is 12.3 Å². The van der Waals surface area contributed by atoms with Crippen LogP contribution in [0.15, 0.2) is 24.4 Å². The summed E-state index contributed by atoms with van der Waals surface area (Å²) in [5.41, 5.74) is 3.38. The summed E-state index contributed by atoms with van der Waals surface area (Å²) in [5.74, 6) is 5.89. The third kappa shape index (κ3) is 5.91. The lowest BCUT2D eigenvalue weighted by atomic mass is 9.80. The number of rotatable bonds is 8. The lowest BCUT2D eigenvalue weighted by Crippen LogP contribution is -2.54. The zero-order chi connectivity index (χ0) is 26.3. The maximum atomic E-state index is 11.8. The number of aromatic nitrogens is 4. The lowest BCUT2D eigenvalue weighted by molar-refractivity contribution is 0.121. The summed E-state index contributed by atoms with van der Waals surface area (Å²) < 4.78 is 16.8. The van der Waals surface area contributed by atoms with Crippen LogP contribution in [0.25, 0.3) is 11.2 Å². The van der Waals surface area contributed by atoms with E-state index in [0.29, 0.717) is 28.4 Å². The molecule has 8 nitrogen and oxygen atoms in total. The number of likely N-dealkylation sites (tertiary alicyclic amines) is 1. The van der Waals surface area contributed by atoms with Crippen LogP contribution in [0.5, 0.6) is 0 Å². The van der Waals surface area contributed by atoms with E-state index in [-0.39, 0.29) is 6.04 Å². The van der Waals surface area contributed by atoms with Crippen LogP contribution in [0.3, 0.4) is 0 Å². The number of anilines is 1. The Labute approximate surface area is 229 Å². The van der Waals surface area contributed by atoms with Crippen molar-refractivity contribution < 1.29 is 4.21 Å². The average Bonchev–Trinajstić information content (AvgIpc) is 3.13. The normalized spacial score (nSPS) is 21.6. The van der Waals surface area contributed by atoms with Crippen molar-refractivity contribution in [3.63, 3.8) is 0 Å². The molecule has 2 aliphatic heterocycles. The van der Waals surface area contributed by atoms with Crippen LogP contribution in [-0.2, 0) is 9.71 Å². The number of aryl methyl sites for hydroxylation is 1. The average molecular weight is 565 g/mol. The number of hydrogen-bond acceptors (Lipinski definition) is 6. The molecule has 0 bridgehead atoms. The highest BCUT2D eigenvalue weighted by Crippen LogP contribution is 2.35. The molecule has 1 N–H and O–H groups in total. The highest BCUT2D eigenvalue weighted by atomic mass is 35.5. The summed E-state index contributed by atoms with van der Waals surface area (Å²) in [6.07, 6.45) is 6.00. The lowest BCUT2D eigenvalue weighted by Gasteiger charge is -2.47. The van der Waals surface area contributed by atoms with Crippen molar-refractivity contribution in [1.82, 2.24) is 29.4 Å². The molecule has 0 radical (unpaired) electrons. The smallest absolute Gasteiger partial charge is 0.179 e. The molecule has 37 heavy (non-hydrogen) atoms. The first-order valence-corrected chi connectivity index (χ1v) is 15.7. The summed E-state index contributed by atoms with van der Waals surface area (Å²) >= 11 is 12.6. The molecule has 1 unspecified atom stereocenters. The molecule has 0 aliphatic carbocycles. The molecule has 11 heteroatoms. The summed E-state index contributed by atoms with van der Waals surface area (Å²) in [6, 6.07) is 5.44. The Hall–Kier alpha value is -1.91. The van der Waals surface area contributed by atoms with Gasteiger partial charge in [0.15, 0.2) is 5.65 Å². The fourth-order valence-electron chi connectivity index (χ4n) is 5.53. The van der Waals surface area contributed by atoms with Gasteiger partial charge in [0, 0.05) is 58.7 Å². The van der Waals surface area contributed by atoms with Crippen LogP contribution in [0.4, 0.5) is 5.82 Å². The molecule has 2 aliphatic rings. The van der Waals surface area contributed by atoms with Gasteiger partial charge in [-0.1, -0.05) is 29.3 Å². The third-order valence-electron chi connectivity index (χ3n) is 7.62. The van der Waals surface area contributed by atoms with E-state index in [1.807, 2.05) is 29.9 Å². The third-order valence-corrected chi connectivity index (χ3v) is 8.99. The van der Waals surface area contributed by atoms with E-state index in [2.05, 4.69) is 27.3 Å². The van der Waals surface area contributed by atoms with Gasteiger partial charge in [0.05, 0.1) is 17.9 Å². The molecule has 2 saturated heterocycles. The maximum Gasteiger partial charge on any atom is 0.179 e. The Morgan fingerprint density at radius 3 is 2.76 bits per heavy atom. The Kier molecular flexibility index (Phi) is 7.71. The van der Waals surface area contributed by atoms with Gasteiger partial charge in [-0.2, -0.15) is 5.10 Å². The van der Waals surface area contributed by atoms with Gasteiger partial charge >= 0.3 is 0 Å². The van der Waals surface area contributed by atoms with Gasteiger partial charge < -0.3 is 9.80 Å². The molecule has 4 heterocycles. The van der Waals surface area contributed by atoms with Crippen LogP contribution in [0, 0.1) is 18.8 Å². The molecular formula is C26H35Cl2N7OS. The van der Waals surface area contributed by atoms with Crippen molar-refractivity contribution in [2.24, 2.45) is 11.8 Å². The van der Waals surface area contributed by atoms with Crippen LogP contribution < -0.4 is 9.62 Å². The molecule has 0 saturated carbocycles.